The van der Waals surface area contributed by atoms with Crippen molar-refractivity contribution in [3.63, 3.8) is 0 Å². The van der Waals surface area contributed by atoms with Crippen LogP contribution in [-0.2, 0) is 14.3 Å². The highest BCUT2D eigenvalue weighted by Gasteiger charge is 2.32. The molecular weight excluding hydrogens is 350 g/mol. The van der Waals surface area contributed by atoms with Gasteiger partial charge in [-0.05, 0) is 29.7 Å². The highest BCUT2D eigenvalue weighted by Crippen LogP contribution is 2.28. The summed E-state index contributed by atoms with van der Waals surface area (Å²) >= 11 is 0. The second-order valence-corrected chi connectivity index (χ2v) is 6.67. The van der Waals surface area contributed by atoms with Crippen molar-refractivity contribution in [1.82, 2.24) is 10.2 Å². The van der Waals surface area contributed by atoms with Crippen LogP contribution in [0.25, 0.3) is 5.57 Å². The topological polar surface area (TPSA) is 99.2 Å². The third kappa shape index (κ3) is 4.28. The van der Waals surface area contributed by atoms with Crippen molar-refractivity contribution in [2.45, 2.75) is 25.5 Å². The molecule has 0 aromatic heterocycles. The zero-order valence-corrected chi connectivity index (χ0v) is 15.1. The summed E-state index contributed by atoms with van der Waals surface area (Å²) in [5.41, 5.74) is 2.77. The van der Waals surface area contributed by atoms with Crippen molar-refractivity contribution in [3.05, 3.63) is 35.9 Å². The molecule has 1 aromatic rings. The molecule has 2 aliphatic heterocycles. The summed E-state index contributed by atoms with van der Waals surface area (Å²) in [6.45, 7) is 2.47. The number of rotatable bonds is 6. The summed E-state index contributed by atoms with van der Waals surface area (Å²) in [7, 11) is 0. The monoisotopic (exact) mass is 373 g/mol. The molecule has 27 heavy (non-hydrogen) atoms. The van der Waals surface area contributed by atoms with Gasteiger partial charge in [-0.2, -0.15) is 0 Å². The Kier molecular flexibility index (Phi) is 5.75. The minimum absolute atomic E-state index is 0.0799. The number of aliphatic hydroxyl groups excluding tert-OH is 1. The van der Waals surface area contributed by atoms with Gasteiger partial charge in [0, 0.05) is 19.2 Å². The normalized spacial score (nSPS) is 22.3. The molecule has 2 atom stereocenters. The molecule has 0 aliphatic carbocycles. The fraction of sp³-hybridized carbons (Fsp3) is 0.421. The highest BCUT2D eigenvalue weighted by atomic mass is 16.6. The molecule has 144 valence electrons. The Morgan fingerprint density at radius 2 is 2.11 bits per heavy atom. The number of benzene rings is 1. The van der Waals surface area contributed by atoms with Crippen LogP contribution in [0, 0.1) is 0 Å². The van der Waals surface area contributed by atoms with Gasteiger partial charge in [0.2, 0.25) is 12.3 Å². The van der Waals surface area contributed by atoms with Gasteiger partial charge in [0.05, 0.1) is 25.7 Å². The lowest BCUT2D eigenvalue weighted by Gasteiger charge is -2.31. The molecule has 1 aromatic carbocycles. The van der Waals surface area contributed by atoms with Crippen LogP contribution < -0.4 is 10.2 Å². The molecule has 2 heterocycles. The minimum atomic E-state index is -0.433. The number of carbonyl (C=O) groups excluding carboxylic acids is 3. The van der Waals surface area contributed by atoms with Crippen LogP contribution in [0.5, 0.6) is 0 Å². The van der Waals surface area contributed by atoms with E-state index in [0.29, 0.717) is 26.1 Å². The molecule has 1 saturated heterocycles. The Morgan fingerprint density at radius 3 is 2.74 bits per heavy atom. The summed E-state index contributed by atoms with van der Waals surface area (Å²) in [6.07, 6.45) is 2.51. The molecule has 1 unspecified atom stereocenters. The maximum atomic E-state index is 12.1. The highest BCUT2D eigenvalue weighted by molar-refractivity contribution is 5.90. The van der Waals surface area contributed by atoms with Gasteiger partial charge >= 0.3 is 6.09 Å². The molecule has 0 spiro atoms. The van der Waals surface area contributed by atoms with E-state index >= 15 is 0 Å². The van der Waals surface area contributed by atoms with Crippen LogP contribution in [0.15, 0.2) is 30.3 Å². The summed E-state index contributed by atoms with van der Waals surface area (Å²) in [5.74, 6) is -0.163. The van der Waals surface area contributed by atoms with E-state index in [-0.39, 0.29) is 24.7 Å². The number of nitrogens with zero attached hydrogens (tertiary/aromatic N) is 2. The number of hydrogen-bond donors (Lipinski definition) is 2. The average Bonchev–Trinajstić information content (AvgIpc) is 3.06. The van der Waals surface area contributed by atoms with E-state index in [0.717, 1.165) is 23.2 Å². The van der Waals surface area contributed by atoms with Gasteiger partial charge in [0.15, 0.2) is 0 Å². The first-order valence-corrected chi connectivity index (χ1v) is 8.85. The van der Waals surface area contributed by atoms with Gasteiger partial charge in [-0.25, -0.2) is 4.79 Å². The van der Waals surface area contributed by atoms with E-state index in [4.69, 9.17) is 4.74 Å². The van der Waals surface area contributed by atoms with Crippen molar-refractivity contribution in [1.29, 1.82) is 0 Å². The Bertz CT molecular complexity index is 746. The third-order valence-corrected chi connectivity index (χ3v) is 4.82. The standard InChI is InChI=1S/C19H23N3O5/c1-13(25)20-9-18-10-22(19(26)27-18)16-4-2-14(3-5-16)15-6-7-21(12-24)17(8-15)11-23/h2-6,12,17-18,23H,7-11H2,1H3,(H,20,25)/t17?,18-/m0/s1. The van der Waals surface area contributed by atoms with E-state index in [2.05, 4.69) is 5.32 Å². The van der Waals surface area contributed by atoms with Crippen LogP contribution in [0.1, 0.15) is 18.9 Å². The molecule has 0 saturated carbocycles. The Balaban J connectivity index is 1.67. The summed E-state index contributed by atoms with van der Waals surface area (Å²) in [6, 6.07) is 7.31. The van der Waals surface area contributed by atoms with E-state index in [1.807, 2.05) is 30.3 Å². The lowest BCUT2D eigenvalue weighted by molar-refractivity contribution is -0.120. The lowest BCUT2D eigenvalue weighted by Crippen LogP contribution is -2.39. The number of amides is 3. The molecule has 0 radical (unpaired) electrons. The van der Waals surface area contributed by atoms with Gasteiger partial charge in [0.25, 0.3) is 0 Å². The second-order valence-electron chi connectivity index (χ2n) is 6.67. The van der Waals surface area contributed by atoms with E-state index in [1.165, 1.54) is 11.8 Å². The predicted molar refractivity (Wildman–Crippen MR) is 99.0 cm³/mol. The number of carbonyl (C=O) groups is 3. The molecule has 3 amide bonds. The van der Waals surface area contributed by atoms with E-state index in [9.17, 15) is 19.5 Å². The summed E-state index contributed by atoms with van der Waals surface area (Å²) < 4.78 is 5.27. The van der Waals surface area contributed by atoms with Crippen LogP contribution >= 0.6 is 0 Å². The molecule has 2 aliphatic rings. The predicted octanol–water partition coefficient (Wildman–Crippen LogP) is 0.754. The summed E-state index contributed by atoms with van der Waals surface area (Å²) in [4.78, 5) is 37.2. The zero-order valence-electron chi connectivity index (χ0n) is 15.1. The summed E-state index contributed by atoms with van der Waals surface area (Å²) in [5, 5.41) is 12.1. The number of hydrogen-bond acceptors (Lipinski definition) is 5. The van der Waals surface area contributed by atoms with Crippen molar-refractivity contribution >= 4 is 29.7 Å². The van der Waals surface area contributed by atoms with Gasteiger partial charge in [-0.1, -0.05) is 18.2 Å². The van der Waals surface area contributed by atoms with Crippen LogP contribution in [0.3, 0.4) is 0 Å². The molecule has 2 N–H and O–H groups in total. The fourth-order valence-electron chi connectivity index (χ4n) is 3.31. The number of ether oxygens (including phenoxy) is 1. The van der Waals surface area contributed by atoms with Crippen molar-refractivity contribution in [2.24, 2.45) is 0 Å². The first kappa shape index (κ1) is 18.9. The number of cyclic esters (lactones) is 1. The number of nitrogens with one attached hydrogen (secondary N) is 1. The van der Waals surface area contributed by atoms with Crippen LogP contribution in [0.2, 0.25) is 0 Å². The zero-order chi connectivity index (χ0) is 19.4. The van der Waals surface area contributed by atoms with E-state index in [1.54, 1.807) is 4.90 Å². The van der Waals surface area contributed by atoms with Crippen molar-refractivity contribution in [2.75, 3.05) is 31.1 Å². The van der Waals surface area contributed by atoms with Gasteiger partial charge in [-0.3, -0.25) is 14.5 Å². The van der Waals surface area contributed by atoms with Gasteiger partial charge < -0.3 is 20.1 Å². The average molecular weight is 373 g/mol. The molecular formula is C19H23N3O5. The van der Waals surface area contributed by atoms with Crippen LogP contribution in [0.4, 0.5) is 10.5 Å². The lowest BCUT2D eigenvalue weighted by atomic mass is 9.94. The van der Waals surface area contributed by atoms with E-state index < -0.39 is 6.09 Å². The first-order chi connectivity index (χ1) is 13.0. The molecule has 3 rings (SSSR count). The van der Waals surface area contributed by atoms with Gasteiger partial charge in [0.1, 0.15) is 6.10 Å². The first-order valence-electron chi connectivity index (χ1n) is 8.85. The maximum absolute atomic E-state index is 12.1. The van der Waals surface area contributed by atoms with Crippen LogP contribution in [-0.4, -0.2) is 66.8 Å². The number of anilines is 1. The van der Waals surface area contributed by atoms with Crippen molar-refractivity contribution < 1.29 is 24.2 Å². The number of aliphatic hydroxyl groups is 1. The molecule has 0 bridgehead atoms. The fourth-order valence-corrected chi connectivity index (χ4v) is 3.31. The smallest absolute Gasteiger partial charge is 0.414 e. The second kappa shape index (κ2) is 8.22. The third-order valence-electron chi connectivity index (χ3n) is 4.82. The Morgan fingerprint density at radius 1 is 1.37 bits per heavy atom. The Hall–Kier alpha value is -2.87. The van der Waals surface area contributed by atoms with Crippen molar-refractivity contribution in [3.8, 4) is 0 Å². The minimum Gasteiger partial charge on any atom is -0.442 e. The van der Waals surface area contributed by atoms with Gasteiger partial charge in [-0.15, -0.1) is 0 Å². The Labute approximate surface area is 157 Å². The largest absolute Gasteiger partial charge is 0.442 e. The molecule has 1 fully saturated rings. The quantitative estimate of drug-likeness (QED) is 0.717. The maximum Gasteiger partial charge on any atom is 0.414 e. The molecule has 8 nitrogen and oxygen atoms in total. The molecule has 8 heteroatoms. The SMILES string of the molecule is CC(=O)NC[C@H]1CN(c2ccc(C3=CCN(C=O)C(CO)C3)cc2)C(=O)O1.